The summed E-state index contributed by atoms with van der Waals surface area (Å²) in [5.74, 6) is 0.421. The number of benzene rings is 1. The van der Waals surface area contributed by atoms with Gasteiger partial charge in [-0.3, -0.25) is 4.79 Å². The standard InChI is InChI=1S/C16H24BrNO3/c1-5-12(18)8-11-6-7-14(13(17)9-11)21-10-16(2,3)15(19)20-4/h6-7,9,12H,5,8,10,18H2,1-4H3. The molecule has 0 aromatic heterocycles. The van der Waals surface area contributed by atoms with Crippen molar-refractivity contribution in [3.63, 3.8) is 0 Å². The summed E-state index contributed by atoms with van der Waals surface area (Å²) in [6, 6.07) is 6.08. The fraction of sp³-hybridized carbons (Fsp3) is 0.562. The zero-order valence-corrected chi connectivity index (χ0v) is 14.7. The van der Waals surface area contributed by atoms with E-state index in [9.17, 15) is 4.79 Å². The van der Waals surface area contributed by atoms with Crippen LogP contribution in [0.4, 0.5) is 0 Å². The molecule has 0 spiro atoms. The molecular formula is C16H24BrNO3. The lowest BCUT2D eigenvalue weighted by Gasteiger charge is -2.22. The van der Waals surface area contributed by atoms with Gasteiger partial charge in [0.15, 0.2) is 0 Å². The van der Waals surface area contributed by atoms with Crippen LogP contribution in [0.2, 0.25) is 0 Å². The molecule has 0 aliphatic rings. The van der Waals surface area contributed by atoms with Crippen molar-refractivity contribution in [3.05, 3.63) is 28.2 Å². The first-order valence-electron chi connectivity index (χ1n) is 7.05. The molecule has 2 N–H and O–H groups in total. The maximum atomic E-state index is 11.6. The van der Waals surface area contributed by atoms with Gasteiger partial charge in [0, 0.05) is 6.04 Å². The van der Waals surface area contributed by atoms with E-state index < -0.39 is 5.41 Å². The number of carbonyl (C=O) groups excluding carboxylic acids is 1. The first-order chi connectivity index (χ1) is 9.80. The summed E-state index contributed by atoms with van der Waals surface area (Å²) in [5.41, 5.74) is 6.44. The molecule has 0 fully saturated rings. The van der Waals surface area contributed by atoms with Gasteiger partial charge in [-0.2, -0.15) is 0 Å². The van der Waals surface area contributed by atoms with Crippen molar-refractivity contribution in [1.82, 2.24) is 0 Å². The van der Waals surface area contributed by atoms with Gasteiger partial charge >= 0.3 is 5.97 Å². The summed E-state index contributed by atoms with van der Waals surface area (Å²) in [6.07, 6.45) is 1.78. The van der Waals surface area contributed by atoms with E-state index in [-0.39, 0.29) is 18.6 Å². The molecule has 1 unspecified atom stereocenters. The first-order valence-corrected chi connectivity index (χ1v) is 7.84. The van der Waals surface area contributed by atoms with Gasteiger partial charge in [0.2, 0.25) is 0 Å². The van der Waals surface area contributed by atoms with Crippen LogP contribution in [-0.4, -0.2) is 25.7 Å². The van der Waals surface area contributed by atoms with Gasteiger partial charge in [-0.05, 0) is 60.3 Å². The first kappa shape index (κ1) is 18.0. The van der Waals surface area contributed by atoms with Crippen molar-refractivity contribution in [2.45, 2.75) is 39.7 Å². The zero-order valence-electron chi connectivity index (χ0n) is 13.1. The van der Waals surface area contributed by atoms with Gasteiger partial charge in [0.1, 0.15) is 12.4 Å². The van der Waals surface area contributed by atoms with E-state index in [0.717, 1.165) is 22.9 Å². The highest BCUT2D eigenvalue weighted by atomic mass is 79.9. The molecule has 5 heteroatoms. The molecule has 1 rings (SSSR count). The third kappa shape index (κ3) is 5.32. The Labute approximate surface area is 135 Å². The third-order valence-corrected chi connectivity index (χ3v) is 3.96. The lowest BCUT2D eigenvalue weighted by molar-refractivity contribution is -0.152. The molecule has 118 valence electrons. The van der Waals surface area contributed by atoms with Crippen molar-refractivity contribution in [1.29, 1.82) is 0 Å². The van der Waals surface area contributed by atoms with Gasteiger partial charge in [0.05, 0.1) is 17.0 Å². The molecule has 0 saturated heterocycles. The Balaban J connectivity index is 2.71. The number of halogens is 1. The number of rotatable bonds is 7. The number of carbonyl (C=O) groups is 1. The van der Waals surface area contributed by atoms with Crippen molar-refractivity contribution < 1.29 is 14.3 Å². The molecule has 0 aliphatic carbocycles. The van der Waals surface area contributed by atoms with Crippen molar-refractivity contribution in [2.24, 2.45) is 11.1 Å². The van der Waals surface area contributed by atoms with Crippen LogP contribution in [-0.2, 0) is 16.0 Å². The Kier molecular flexibility index (Phi) is 6.68. The van der Waals surface area contributed by atoms with Crippen LogP contribution in [0.5, 0.6) is 5.75 Å². The van der Waals surface area contributed by atoms with Crippen molar-refractivity contribution in [3.8, 4) is 5.75 Å². The summed E-state index contributed by atoms with van der Waals surface area (Å²) in [6.45, 7) is 5.92. The summed E-state index contributed by atoms with van der Waals surface area (Å²) in [7, 11) is 1.38. The second kappa shape index (κ2) is 7.80. The highest BCUT2D eigenvalue weighted by Crippen LogP contribution is 2.28. The molecule has 0 amide bonds. The fourth-order valence-electron chi connectivity index (χ4n) is 1.83. The van der Waals surface area contributed by atoms with E-state index in [1.165, 1.54) is 7.11 Å². The minimum Gasteiger partial charge on any atom is -0.491 e. The minimum atomic E-state index is -0.683. The second-order valence-corrected chi connectivity index (χ2v) is 6.66. The average Bonchev–Trinajstić information content (AvgIpc) is 2.45. The normalized spacial score (nSPS) is 12.9. The van der Waals surface area contributed by atoms with Gasteiger partial charge in [-0.15, -0.1) is 0 Å². The number of hydrogen-bond donors (Lipinski definition) is 1. The number of hydrogen-bond acceptors (Lipinski definition) is 4. The zero-order chi connectivity index (χ0) is 16.0. The van der Waals surface area contributed by atoms with Gasteiger partial charge < -0.3 is 15.2 Å². The minimum absolute atomic E-state index is 0.168. The average molecular weight is 358 g/mol. The third-order valence-electron chi connectivity index (χ3n) is 3.35. The molecular weight excluding hydrogens is 334 g/mol. The molecule has 1 aromatic rings. The molecule has 0 saturated carbocycles. The molecule has 0 aliphatic heterocycles. The van der Waals surface area contributed by atoms with Crippen LogP contribution in [0.25, 0.3) is 0 Å². The van der Waals surface area contributed by atoms with Crippen LogP contribution in [0.15, 0.2) is 22.7 Å². The summed E-state index contributed by atoms with van der Waals surface area (Å²) in [5, 5.41) is 0. The highest BCUT2D eigenvalue weighted by molar-refractivity contribution is 9.10. The number of methoxy groups -OCH3 is 1. The van der Waals surface area contributed by atoms with E-state index in [1.54, 1.807) is 13.8 Å². The maximum absolute atomic E-state index is 11.6. The van der Waals surface area contributed by atoms with Crippen LogP contribution >= 0.6 is 15.9 Å². The molecule has 21 heavy (non-hydrogen) atoms. The Bertz CT molecular complexity index is 488. The van der Waals surface area contributed by atoms with Crippen molar-refractivity contribution in [2.75, 3.05) is 13.7 Å². The Morgan fingerprint density at radius 1 is 1.43 bits per heavy atom. The smallest absolute Gasteiger partial charge is 0.314 e. The van der Waals surface area contributed by atoms with E-state index in [0.29, 0.717) is 5.75 Å². The topological polar surface area (TPSA) is 61.5 Å². The van der Waals surface area contributed by atoms with Crippen LogP contribution < -0.4 is 10.5 Å². The quantitative estimate of drug-likeness (QED) is 0.760. The van der Waals surface area contributed by atoms with Crippen molar-refractivity contribution >= 4 is 21.9 Å². The summed E-state index contributed by atoms with van der Waals surface area (Å²) in [4.78, 5) is 11.6. The largest absolute Gasteiger partial charge is 0.491 e. The van der Waals surface area contributed by atoms with Crippen LogP contribution in [0.1, 0.15) is 32.8 Å². The molecule has 0 radical (unpaired) electrons. The highest BCUT2D eigenvalue weighted by Gasteiger charge is 2.30. The SMILES string of the molecule is CCC(N)Cc1ccc(OCC(C)(C)C(=O)OC)c(Br)c1. The Hall–Kier alpha value is -1.07. The van der Waals surface area contributed by atoms with E-state index >= 15 is 0 Å². The summed E-state index contributed by atoms with van der Waals surface area (Å²) >= 11 is 3.50. The Morgan fingerprint density at radius 3 is 2.62 bits per heavy atom. The van der Waals surface area contributed by atoms with Crippen LogP contribution in [0, 0.1) is 5.41 Å². The monoisotopic (exact) mass is 357 g/mol. The van der Waals surface area contributed by atoms with Crippen LogP contribution in [0.3, 0.4) is 0 Å². The number of ether oxygens (including phenoxy) is 2. The van der Waals surface area contributed by atoms with E-state index in [4.69, 9.17) is 15.2 Å². The molecule has 0 heterocycles. The van der Waals surface area contributed by atoms with E-state index in [1.807, 2.05) is 18.2 Å². The maximum Gasteiger partial charge on any atom is 0.314 e. The molecule has 4 nitrogen and oxygen atoms in total. The lowest BCUT2D eigenvalue weighted by Crippen LogP contribution is -2.32. The number of esters is 1. The van der Waals surface area contributed by atoms with Gasteiger partial charge in [-0.1, -0.05) is 13.0 Å². The van der Waals surface area contributed by atoms with Gasteiger partial charge in [-0.25, -0.2) is 0 Å². The second-order valence-electron chi connectivity index (χ2n) is 5.80. The summed E-state index contributed by atoms with van der Waals surface area (Å²) < 4.78 is 11.4. The van der Waals surface area contributed by atoms with Gasteiger partial charge in [0.25, 0.3) is 0 Å². The predicted molar refractivity (Wildman–Crippen MR) is 87.4 cm³/mol. The fourth-order valence-corrected chi connectivity index (χ4v) is 2.37. The molecule has 0 bridgehead atoms. The van der Waals surface area contributed by atoms with E-state index in [2.05, 4.69) is 22.9 Å². The lowest BCUT2D eigenvalue weighted by atomic mass is 9.95. The Morgan fingerprint density at radius 2 is 2.10 bits per heavy atom. The predicted octanol–water partition coefficient (Wildman–Crippen LogP) is 3.31. The molecule has 1 atom stereocenters. The number of nitrogens with two attached hydrogens (primary N) is 1. The molecule has 1 aromatic carbocycles.